The maximum absolute atomic E-state index is 12.6. The van der Waals surface area contributed by atoms with E-state index >= 15 is 0 Å². The number of carboxylic acids is 1. The lowest BCUT2D eigenvalue weighted by atomic mass is 10.0. The van der Waals surface area contributed by atoms with Crippen molar-refractivity contribution in [2.24, 2.45) is 5.92 Å². The smallest absolute Gasteiger partial charge is 0.326 e. The summed E-state index contributed by atoms with van der Waals surface area (Å²) in [6.07, 6.45) is 2.09. The highest BCUT2D eigenvalue weighted by Gasteiger charge is 2.32. The van der Waals surface area contributed by atoms with Gasteiger partial charge in [0.2, 0.25) is 5.91 Å². The lowest BCUT2D eigenvalue weighted by molar-refractivity contribution is -0.143. The first-order chi connectivity index (χ1) is 10.9. The maximum atomic E-state index is 12.6. The fourth-order valence-electron chi connectivity index (χ4n) is 2.61. The molecule has 0 radical (unpaired) electrons. The van der Waals surface area contributed by atoms with Gasteiger partial charge in [0.15, 0.2) is 0 Å². The van der Waals surface area contributed by atoms with E-state index in [1.54, 1.807) is 38.1 Å². The summed E-state index contributed by atoms with van der Waals surface area (Å²) in [5.41, 5.74) is 0.929. The van der Waals surface area contributed by atoms with Gasteiger partial charge in [-0.15, -0.1) is 0 Å². The number of carboxylic acid groups (broad SMARTS) is 1. The summed E-state index contributed by atoms with van der Waals surface area (Å²) in [6, 6.07) is 5.85. The molecule has 1 aliphatic heterocycles. The summed E-state index contributed by atoms with van der Waals surface area (Å²) in [4.78, 5) is 37.1. The Labute approximate surface area is 135 Å². The first-order valence-corrected chi connectivity index (χ1v) is 7.85. The van der Waals surface area contributed by atoms with Crippen LogP contribution in [-0.4, -0.2) is 40.4 Å². The summed E-state index contributed by atoms with van der Waals surface area (Å²) < 4.78 is 0. The molecule has 23 heavy (non-hydrogen) atoms. The molecule has 1 aromatic rings. The normalized spacial score (nSPS) is 17.9. The molecule has 2 rings (SSSR count). The van der Waals surface area contributed by atoms with Crippen molar-refractivity contribution in [3.8, 4) is 0 Å². The molecule has 6 nitrogen and oxygen atoms in total. The number of hydrogen-bond acceptors (Lipinski definition) is 3. The Bertz CT molecular complexity index is 612. The van der Waals surface area contributed by atoms with Crippen molar-refractivity contribution in [3.05, 3.63) is 29.8 Å². The summed E-state index contributed by atoms with van der Waals surface area (Å²) in [7, 11) is 0. The number of carbonyl (C=O) groups excluding carboxylic acids is 2. The largest absolute Gasteiger partial charge is 0.480 e. The zero-order valence-electron chi connectivity index (χ0n) is 13.4. The van der Waals surface area contributed by atoms with Crippen LogP contribution in [0.5, 0.6) is 0 Å². The van der Waals surface area contributed by atoms with Crippen molar-refractivity contribution in [1.29, 1.82) is 0 Å². The number of nitrogens with one attached hydrogen (secondary N) is 1. The van der Waals surface area contributed by atoms with Gasteiger partial charge in [-0.3, -0.25) is 9.59 Å². The number of amides is 2. The van der Waals surface area contributed by atoms with Crippen LogP contribution in [0.1, 0.15) is 43.5 Å². The van der Waals surface area contributed by atoms with Gasteiger partial charge < -0.3 is 15.3 Å². The van der Waals surface area contributed by atoms with E-state index in [9.17, 15) is 19.5 Å². The first kappa shape index (κ1) is 17.0. The molecule has 1 saturated heterocycles. The molecule has 124 valence electrons. The SMILES string of the molecule is CC(C)C(=O)Nc1cccc(C(=O)N2CCCCC2C(=O)O)c1. The second kappa shape index (κ2) is 7.26. The third kappa shape index (κ3) is 4.09. The number of nitrogens with zero attached hydrogens (tertiary/aromatic N) is 1. The van der Waals surface area contributed by atoms with Gasteiger partial charge in [0.05, 0.1) is 0 Å². The molecular formula is C17H22N2O4. The molecule has 2 N–H and O–H groups in total. The summed E-state index contributed by atoms with van der Waals surface area (Å²) in [5, 5.41) is 12.0. The highest BCUT2D eigenvalue weighted by Crippen LogP contribution is 2.21. The molecule has 1 heterocycles. The molecule has 1 fully saturated rings. The maximum Gasteiger partial charge on any atom is 0.326 e. The summed E-state index contributed by atoms with van der Waals surface area (Å²) in [5.74, 6) is -1.57. The molecule has 1 aliphatic rings. The number of anilines is 1. The molecule has 6 heteroatoms. The Balaban J connectivity index is 2.18. The number of hydrogen-bond donors (Lipinski definition) is 2. The van der Waals surface area contributed by atoms with Crippen molar-refractivity contribution in [1.82, 2.24) is 4.90 Å². The van der Waals surface area contributed by atoms with Crippen molar-refractivity contribution in [3.63, 3.8) is 0 Å². The van der Waals surface area contributed by atoms with Gasteiger partial charge in [0.25, 0.3) is 5.91 Å². The van der Waals surface area contributed by atoms with E-state index in [1.807, 2.05) is 0 Å². The fraction of sp³-hybridized carbons (Fsp3) is 0.471. The number of benzene rings is 1. The monoisotopic (exact) mass is 318 g/mol. The van der Waals surface area contributed by atoms with Gasteiger partial charge in [0.1, 0.15) is 6.04 Å². The number of likely N-dealkylation sites (tertiary alicyclic amines) is 1. The van der Waals surface area contributed by atoms with E-state index in [2.05, 4.69) is 5.32 Å². The van der Waals surface area contributed by atoms with Crippen LogP contribution in [0.4, 0.5) is 5.69 Å². The Hall–Kier alpha value is -2.37. The number of carbonyl (C=O) groups is 3. The Morgan fingerprint density at radius 2 is 2.00 bits per heavy atom. The average molecular weight is 318 g/mol. The molecule has 0 aromatic heterocycles. The van der Waals surface area contributed by atoms with Crippen molar-refractivity contribution >= 4 is 23.5 Å². The van der Waals surface area contributed by atoms with Crippen LogP contribution >= 0.6 is 0 Å². The van der Waals surface area contributed by atoms with Crippen molar-refractivity contribution in [2.75, 3.05) is 11.9 Å². The van der Waals surface area contributed by atoms with Crippen LogP contribution in [-0.2, 0) is 9.59 Å². The van der Waals surface area contributed by atoms with Crippen LogP contribution in [0.25, 0.3) is 0 Å². The molecule has 0 bridgehead atoms. The van der Waals surface area contributed by atoms with Crippen molar-refractivity contribution < 1.29 is 19.5 Å². The van der Waals surface area contributed by atoms with Gasteiger partial charge >= 0.3 is 5.97 Å². The van der Waals surface area contributed by atoms with Gasteiger partial charge in [-0.25, -0.2) is 4.79 Å². The Morgan fingerprint density at radius 3 is 2.65 bits per heavy atom. The first-order valence-electron chi connectivity index (χ1n) is 7.85. The minimum Gasteiger partial charge on any atom is -0.480 e. The summed E-state index contributed by atoms with van der Waals surface area (Å²) in [6.45, 7) is 4.02. The molecule has 0 spiro atoms. The zero-order valence-corrected chi connectivity index (χ0v) is 13.4. The van der Waals surface area contributed by atoms with Crippen molar-refractivity contribution in [2.45, 2.75) is 39.2 Å². The van der Waals surface area contributed by atoms with Crippen LogP contribution in [0.3, 0.4) is 0 Å². The van der Waals surface area contributed by atoms with E-state index in [1.165, 1.54) is 4.90 Å². The van der Waals surface area contributed by atoms with Gasteiger partial charge in [-0.05, 0) is 37.5 Å². The highest BCUT2D eigenvalue weighted by molar-refractivity contribution is 5.99. The zero-order chi connectivity index (χ0) is 17.0. The van der Waals surface area contributed by atoms with E-state index in [0.29, 0.717) is 24.2 Å². The van der Waals surface area contributed by atoms with E-state index < -0.39 is 12.0 Å². The Kier molecular flexibility index (Phi) is 5.36. The molecule has 1 unspecified atom stereocenters. The van der Waals surface area contributed by atoms with Crippen LogP contribution in [0.2, 0.25) is 0 Å². The quantitative estimate of drug-likeness (QED) is 0.892. The standard InChI is InChI=1S/C17H22N2O4/c1-11(2)15(20)18-13-7-5-6-12(10-13)16(21)19-9-4-3-8-14(19)17(22)23/h5-7,10-11,14H,3-4,8-9H2,1-2H3,(H,18,20)(H,22,23). The molecule has 0 aliphatic carbocycles. The summed E-state index contributed by atoms with van der Waals surface area (Å²) >= 11 is 0. The molecule has 1 atom stereocenters. The fourth-order valence-corrected chi connectivity index (χ4v) is 2.61. The predicted molar refractivity (Wildman–Crippen MR) is 86.2 cm³/mol. The van der Waals surface area contributed by atoms with Gasteiger partial charge in [-0.1, -0.05) is 19.9 Å². The third-order valence-corrected chi connectivity index (χ3v) is 3.95. The van der Waals surface area contributed by atoms with Crippen LogP contribution in [0, 0.1) is 5.92 Å². The second-order valence-corrected chi connectivity index (χ2v) is 6.07. The lowest BCUT2D eigenvalue weighted by Gasteiger charge is -2.33. The highest BCUT2D eigenvalue weighted by atomic mass is 16.4. The van der Waals surface area contributed by atoms with E-state index in [4.69, 9.17) is 0 Å². The van der Waals surface area contributed by atoms with Gasteiger partial charge in [0, 0.05) is 23.7 Å². The minimum absolute atomic E-state index is 0.129. The number of piperidine rings is 1. The topological polar surface area (TPSA) is 86.7 Å². The molecular weight excluding hydrogens is 296 g/mol. The van der Waals surface area contributed by atoms with Gasteiger partial charge in [-0.2, -0.15) is 0 Å². The number of rotatable bonds is 4. The second-order valence-electron chi connectivity index (χ2n) is 6.07. The predicted octanol–water partition coefficient (Wildman–Crippen LogP) is 2.36. The molecule has 1 aromatic carbocycles. The van der Waals surface area contributed by atoms with E-state index in [-0.39, 0.29) is 17.7 Å². The van der Waals surface area contributed by atoms with Crippen LogP contribution < -0.4 is 5.32 Å². The number of aliphatic carboxylic acids is 1. The molecule has 0 saturated carbocycles. The van der Waals surface area contributed by atoms with Crippen LogP contribution in [0.15, 0.2) is 24.3 Å². The van der Waals surface area contributed by atoms with E-state index in [0.717, 1.165) is 12.8 Å². The molecule has 2 amide bonds. The average Bonchev–Trinajstić information content (AvgIpc) is 2.54. The minimum atomic E-state index is -0.970. The lowest BCUT2D eigenvalue weighted by Crippen LogP contribution is -2.48. The third-order valence-electron chi connectivity index (χ3n) is 3.95. The Morgan fingerprint density at radius 1 is 1.26 bits per heavy atom.